The van der Waals surface area contributed by atoms with E-state index in [1.54, 1.807) is 36.2 Å². The van der Waals surface area contributed by atoms with Crippen molar-refractivity contribution in [3.8, 4) is 17.2 Å². The van der Waals surface area contributed by atoms with Gasteiger partial charge in [0.1, 0.15) is 18.8 Å². The number of amides is 3. The van der Waals surface area contributed by atoms with Gasteiger partial charge in [0.2, 0.25) is 16.3 Å². The number of nitrogens with zero attached hydrogens (tertiary/aromatic N) is 6. The highest BCUT2D eigenvalue weighted by Gasteiger charge is 2.47. The van der Waals surface area contributed by atoms with Gasteiger partial charge in [-0.05, 0) is 66.3 Å². The Bertz CT molecular complexity index is 4050. The van der Waals surface area contributed by atoms with Gasteiger partial charge < -0.3 is 62.3 Å². The van der Waals surface area contributed by atoms with E-state index in [0.717, 1.165) is 40.7 Å². The molecule has 89 heavy (non-hydrogen) atoms. The molecule has 3 fully saturated rings. The maximum absolute atomic E-state index is 13.6. The molecule has 6 aliphatic heterocycles. The molecule has 456 valence electrons. The van der Waals surface area contributed by atoms with E-state index in [2.05, 4.69) is 12.1 Å². The van der Waals surface area contributed by atoms with Crippen molar-refractivity contribution in [2.45, 2.75) is 88.5 Å². The second-order valence-corrected chi connectivity index (χ2v) is 22.5. The molecule has 0 unspecified atom stereocenters. The maximum Gasteiger partial charge on any atom is 0.341 e. The van der Waals surface area contributed by atoms with Gasteiger partial charge in [-0.1, -0.05) is 152 Å². The number of carboxylic acid groups (broad SMARTS) is 1. The second-order valence-electron chi connectivity index (χ2n) is 22.5. The van der Waals surface area contributed by atoms with E-state index in [0.29, 0.717) is 70.8 Å². The molecular weight excluding hydrogens is 1140 g/mol. The SMILES string of the molecule is O=C(O)c1cn2c(c(OCc3ccccc3)c1=O)C(=O)N1CCCO[C@H]1[C@@H]2Cc1ccccc1.O=C1c2c(O)c(=O)ccn2[C@@H](Cc2ccccc2)[C@@H]2OCCCN12.O=C1c2c(OCc3ccccc3)c(=O)ccn2[C@@H](Cc2ccccc2)[C@@H]2OCCCN12. The molecule has 6 aliphatic rings. The number of fused-ring (bicyclic) bond motifs is 6. The zero-order valence-corrected chi connectivity index (χ0v) is 48.7. The first-order chi connectivity index (χ1) is 43.4. The number of aromatic carboxylic acids is 1. The normalized spacial score (nSPS) is 20.5. The van der Waals surface area contributed by atoms with Crippen molar-refractivity contribution < 1.29 is 53.1 Å². The fraction of sp³-hybridized carbons (Fsp3) is 0.290. The minimum absolute atomic E-state index is 0.0305. The summed E-state index contributed by atoms with van der Waals surface area (Å²) >= 11 is 0. The third-order valence-corrected chi connectivity index (χ3v) is 16.8. The molecule has 9 heterocycles. The zero-order valence-electron chi connectivity index (χ0n) is 48.7. The summed E-state index contributed by atoms with van der Waals surface area (Å²) in [5.74, 6) is -2.94. The summed E-state index contributed by atoms with van der Waals surface area (Å²) in [5, 5.41) is 19.9. The molecule has 5 aromatic carbocycles. The van der Waals surface area contributed by atoms with Crippen LogP contribution in [0.4, 0.5) is 0 Å². The molecule has 3 saturated heterocycles. The molecular formula is C69H66N6O14. The van der Waals surface area contributed by atoms with Crippen LogP contribution in [0.15, 0.2) is 197 Å². The summed E-state index contributed by atoms with van der Waals surface area (Å²) < 4.78 is 34.9. The number of aromatic nitrogens is 3. The number of rotatable bonds is 13. The van der Waals surface area contributed by atoms with Crippen LogP contribution in [-0.2, 0) is 46.7 Å². The summed E-state index contributed by atoms with van der Waals surface area (Å²) in [4.78, 5) is 94.4. The Morgan fingerprint density at radius 2 is 0.787 bits per heavy atom. The van der Waals surface area contributed by atoms with Crippen LogP contribution in [0.1, 0.15) is 107 Å². The lowest BCUT2D eigenvalue weighted by atomic mass is 9.98. The Hall–Kier alpha value is -9.89. The summed E-state index contributed by atoms with van der Waals surface area (Å²) in [6.45, 7) is 3.63. The number of hydrogen-bond donors (Lipinski definition) is 2. The van der Waals surface area contributed by atoms with E-state index in [-0.39, 0.29) is 77.9 Å². The number of carbonyl (C=O) groups excluding carboxylic acids is 3. The van der Waals surface area contributed by atoms with E-state index >= 15 is 0 Å². The van der Waals surface area contributed by atoms with Crippen LogP contribution in [-0.4, -0.2) is 120 Å². The van der Waals surface area contributed by atoms with Gasteiger partial charge in [0.25, 0.3) is 17.7 Å². The fourth-order valence-corrected chi connectivity index (χ4v) is 12.6. The van der Waals surface area contributed by atoms with E-state index < -0.39 is 46.3 Å². The predicted molar refractivity (Wildman–Crippen MR) is 326 cm³/mol. The minimum Gasteiger partial charge on any atom is -0.503 e. The Morgan fingerprint density at radius 3 is 1.20 bits per heavy atom. The van der Waals surface area contributed by atoms with Crippen LogP contribution in [0, 0.1) is 0 Å². The summed E-state index contributed by atoms with van der Waals surface area (Å²) in [6.07, 6.45) is 7.24. The van der Waals surface area contributed by atoms with Gasteiger partial charge in [-0.25, -0.2) is 4.79 Å². The van der Waals surface area contributed by atoms with Gasteiger partial charge in [-0.15, -0.1) is 0 Å². The average molecular weight is 1200 g/mol. The van der Waals surface area contributed by atoms with Crippen LogP contribution in [0.25, 0.3) is 0 Å². The standard InChI is InChI=1S/C26H24N2O6.C25H24N2O4.C18H18N2O4/c29-22-19(26(31)32)15-28-20(14-17-8-3-1-4-9-17)25-27(12-7-13-33-25)24(30)21(28)23(22)34-16-18-10-5-2-6-11-18;28-21-12-14-26-20(16-18-8-3-1-4-9-18)25-27(13-7-15-30-25)24(29)22(26)23(21)31-17-19-10-5-2-6-11-19;21-14-7-9-19-13(11-12-5-2-1-3-6-12)18-20(8-4-10-24-18)17(23)15(19)16(14)22/h1-6,8-11,15,20,25H,7,12-14,16H2,(H,31,32);1-6,8-12,14,20,25H,7,13,15-17H2;1-3,5-7,9,13,18,22H,4,8,10-11H2/t2*20-,25-;13-,18-/m000/s1. The number of aromatic hydroxyl groups is 1. The molecule has 3 amide bonds. The first kappa shape index (κ1) is 59.4. The third kappa shape index (κ3) is 12.4. The number of carbonyl (C=O) groups is 4. The van der Waals surface area contributed by atoms with Gasteiger partial charge in [0.15, 0.2) is 53.0 Å². The molecule has 0 aliphatic carbocycles. The number of carboxylic acids is 1. The molecule has 6 atom stereocenters. The second kappa shape index (κ2) is 26.6. The van der Waals surface area contributed by atoms with E-state index in [9.17, 15) is 43.8 Å². The lowest BCUT2D eigenvalue weighted by Gasteiger charge is -2.45. The quantitative estimate of drug-likeness (QED) is 0.111. The van der Waals surface area contributed by atoms with Crippen LogP contribution in [0.3, 0.4) is 0 Å². The highest BCUT2D eigenvalue weighted by molar-refractivity contribution is 5.98. The lowest BCUT2D eigenvalue weighted by molar-refractivity contribution is -0.111. The average Bonchev–Trinajstić information content (AvgIpc) is 0.901. The molecule has 2 N–H and O–H groups in total. The fourth-order valence-electron chi connectivity index (χ4n) is 12.6. The van der Waals surface area contributed by atoms with Crippen molar-refractivity contribution in [1.82, 2.24) is 28.4 Å². The van der Waals surface area contributed by atoms with E-state index in [1.165, 1.54) is 18.3 Å². The van der Waals surface area contributed by atoms with Crippen molar-refractivity contribution in [2.24, 2.45) is 0 Å². The highest BCUT2D eigenvalue weighted by Crippen LogP contribution is 2.39. The maximum atomic E-state index is 13.6. The Kier molecular flexibility index (Phi) is 17.8. The molecule has 0 bridgehead atoms. The van der Waals surface area contributed by atoms with Crippen LogP contribution < -0.4 is 25.8 Å². The molecule has 3 aromatic heterocycles. The summed E-state index contributed by atoms with van der Waals surface area (Å²) in [7, 11) is 0. The summed E-state index contributed by atoms with van der Waals surface area (Å²) in [5.41, 5.74) is 3.35. The van der Waals surface area contributed by atoms with Gasteiger partial charge in [-0.2, -0.15) is 0 Å². The monoisotopic (exact) mass is 1200 g/mol. The summed E-state index contributed by atoms with van der Waals surface area (Å²) in [6, 6.07) is 50.6. The predicted octanol–water partition coefficient (Wildman–Crippen LogP) is 8.06. The first-order valence-corrected chi connectivity index (χ1v) is 29.9. The molecule has 20 heteroatoms. The lowest BCUT2D eigenvalue weighted by Crippen LogP contribution is -2.56. The molecule has 0 saturated carbocycles. The largest absolute Gasteiger partial charge is 0.503 e. The van der Waals surface area contributed by atoms with Crippen LogP contribution in [0.5, 0.6) is 17.2 Å². The van der Waals surface area contributed by atoms with Crippen molar-refractivity contribution in [3.63, 3.8) is 0 Å². The van der Waals surface area contributed by atoms with Crippen LogP contribution >= 0.6 is 0 Å². The van der Waals surface area contributed by atoms with E-state index in [4.69, 9.17) is 23.7 Å². The number of benzene rings is 5. The Morgan fingerprint density at radius 1 is 0.438 bits per heavy atom. The van der Waals surface area contributed by atoms with Gasteiger partial charge >= 0.3 is 5.97 Å². The molecule has 0 spiro atoms. The topological polar surface area (TPSA) is 231 Å². The smallest absolute Gasteiger partial charge is 0.341 e. The molecule has 14 rings (SSSR count). The minimum atomic E-state index is -1.37. The number of pyridine rings is 3. The molecule has 0 radical (unpaired) electrons. The van der Waals surface area contributed by atoms with E-state index in [1.807, 2.05) is 144 Å². The third-order valence-electron chi connectivity index (χ3n) is 16.8. The zero-order chi connectivity index (χ0) is 61.5. The Balaban J connectivity index is 0.000000132. The first-order valence-electron chi connectivity index (χ1n) is 29.9. The highest BCUT2D eigenvalue weighted by atomic mass is 16.5. The van der Waals surface area contributed by atoms with Crippen molar-refractivity contribution in [2.75, 3.05) is 39.5 Å². The van der Waals surface area contributed by atoms with Crippen molar-refractivity contribution in [1.29, 1.82) is 0 Å². The molecule has 20 nitrogen and oxygen atoms in total. The number of hydrogen-bond acceptors (Lipinski definition) is 13. The number of ether oxygens (including phenoxy) is 5. The van der Waals surface area contributed by atoms with Gasteiger partial charge in [0.05, 0.1) is 37.9 Å². The van der Waals surface area contributed by atoms with Gasteiger partial charge in [0, 0.05) is 50.4 Å². The van der Waals surface area contributed by atoms with Crippen molar-refractivity contribution in [3.05, 3.63) is 264 Å². The molecule has 8 aromatic rings. The van der Waals surface area contributed by atoms with Crippen LogP contribution in [0.2, 0.25) is 0 Å². The Labute approximate surface area is 511 Å². The van der Waals surface area contributed by atoms with Gasteiger partial charge in [-0.3, -0.25) is 28.8 Å². The van der Waals surface area contributed by atoms with Crippen molar-refractivity contribution >= 4 is 23.7 Å².